The maximum atomic E-state index is 6.08. The highest BCUT2D eigenvalue weighted by Gasteiger charge is 2.29. The average molecular weight is 283 g/mol. The lowest BCUT2D eigenvalue weighted by Crippen LogP contribution is -2.48. The molecule has 3 unspecified atom stereocenters. The summed E-state index contributed by atoms with van der Waals surface area (Å²) >= 11 is 6.08. The molecule has 1 saturated heterocycles. The number of likely N-dealkylation sites (tertiary alicyclic amines) is 1. The molecule has 0 aliphatic carbocycles. The zero-order valence-corrected chi connectivity index (χ0v) is 12.9. The first-order chi connectivity index (χ1) is 9.01. The number of hydrogen-bond acceptors (Lipinski definition) is 3. The van der Waals surface area contributed by atoms with E-state index in [1.807, 2.05) is 18.2 Å². The summed E-state index contributed by atoms with van der Waals surface area (Å²) in [5, 5.41) is 4.34. The van der Waals surface area contributed by atoms with Crippen molar-refractivity contribution in [2.24, 2.45) is 5.92 Å². The Kier molecular flexibility index (Phi) is 4.58. The highest BCUT2D eigenvalue weighted by atomic mass is 35.5. The second-order valence-corrected chi connectivity index (χ2v) is 6.03. The number of rotatable bonds is 3. The molecule has 1 fully saturated rings. The Labute approximate surface area is 120 Å². The van der Waals surface area contributed by atoms with Crippen molar-refractivity contribution in [1.82, 2.24) is 4.90 Å². The molecule has 1 N–H and O–H groups in total. The van der Waals surface area contributed by atoms with Crippen molar-refractivity contribution < 1.29 is 4.74 Å². The first kappa shape index (κ1) is 14.5. The molecule has 2 rings (SSSR count). The van der Waals surface area contributed by atoms with Crippen LogP contribution in [0.4, 0.5) is 5.69 Å². The van der Waals surface area contributed by atoms with Crippen LogP contribution in [-0.2, 0) is 0 Å². The monoisotopic (exact) mass is 282 g/mol. The number of methoxy groups -OCH3 is 1. The van der Waals surface area contributed by atoms with E-state index in [-0.39, 0.29) is 0 Å². The molecule has 3 atom stereocenters. The smallest absolute Gasteiger partial charge is 0.142 e. The fraction of sp³-hybridized carbons (Fsp3) is 0.600. The molecule has 0 bridgehead atoms. The van der Waals surface area contributed by atoms with Crippen LogP contribution in [0.15, 0.2) is 18.2 Å². The van der Waals surface area contributed by atoms with Gasteiger partial charge in [-0.05, 0) is 44.5 Å². The predicted octanol–water partition coefficient (Wildman–Crippen LogP) is 3.49. The van der Waals surface area contributed by atoms with Crippen LogP contribution in [-0.4, -0.2) is 37.7 Å². The molecule has 1 heterocycles. The van der Waals surface area contributed by atoms with E-state index in [0.29, 0.717) is 18.0 Å². The SMILES string of the molecule is COc1ccc(Cl)cc1NC1CC(C)N(C)CC1C. The van der Waals surface area contributed by atoms with Gasteiger partial charge in [0, 0.05) is 23.7 Å². The Hall–Kier alpha value is -0.930. The maximum absolute atomic E-state index is 6.08. The van der Waals surface area contributed by atoms with E-state index in [2.05, 4.69) is 31.1 Å². The van der Waals surface area contributed by atoms with Gasteiger partial charge >= 0.3 is 0 Å². The van der Waals surface area contributed by atoms with E-state index >= 15 is 0 Å². The highest BCUT2D eigenvalue weighted by Crippen LogP contribution is 2.31. The third kappa shape index (κ3) is 3.34. The number of nitrogens with zero attached hydrogens (tertiary/aromatic N) is 1. The van der Waals surface area contributed by atoms with Crippen LogP contribution in [0.1, 0.15) is 20.3 Å². The molecule has 4 heteroatoms. The van der Waals surface area contributed by atoms with Gasteiger partial charge < -0.3 is 15.0 Å². The minimum Gasteiger partial charge on any atom is -0.495 e. The van der Waals surface area contributed by atoms with Gasteiger partial charge in [-0.3, -0.25) is 0 Å². The molecule has 106 valence electrons. The summed E-state index contributed by atoms with van der Waals surface area (Å²) in [5.41, 5.74) is 0.989. The van der Waals surface area contributed by atoms with Crippen molar-refractivity contribution in [3.63, 3.8) is 0 Å². The van der Waals surface area contributed by atoms with E-state index < -0.39 is 0 Å². The fourth-order valence-electron chi connectivity index (χ4n) is 2.74. The number of anilines is 1. The lowest BCUT2D eigenvalue weighted by atomic mass is 9.89. The molecule has 0 amide bonds. The van der Waals surface area contributed by atoms with E-state index in [9.17, 15) is 0 Å². The van der Waals surface area contributed by atoms with Gasteiger partial charge in [0.1, 0.15) is 5.75 Å². The molecule has 1 aromatic rings. The number of piperidine rings is 1. The lowest BCUT2D eigenvalue weighted by molar-refractivity contribution is 0.145. The number of nitrogens with one attached hydrogen (secondary N) is 1. The first-order valence-corrected chi connectivity index (χ1v) is 7.19. The Morgan fingerprint density at radius 1 is 1.37 bits per heavy atom. The van der Waals surface area contributed by atoms with Crippen molar-refractivity contribution in [2.75, 3.05) is 26.0 Å². The summed E-state index contributed by atoms with van der Waals surface area (Å²) in [6.07, 6.45) is 1.13. The average Bonchev–Trinajstić information content (AvgIpc) is 2.36. The Morgan fingerprint density at radius 2 is 2.11 bits per heavy atom. The van der Waals surface area contributed by atoms with Gasteiger partial charge in [-0.25, -0.2) is 0 Å². The second kappa shape index (κ2) is 6.02. The molecule has 0 aromatic heterocycles. The molecule has 1 aliphatic heterocycles. The van der Waals surface area contributed by atoms with Gasteiger partial charge in [0.25, 0.3) is 0 Å². The molecule has 1 aliphatic rings. The summed E-state index contributed by atoms with van der Waals surface area (Å²) in [4.78, 5) is 2.41. The summed E-state index contributed by atoms with van der Waals surface area (Å²) in [6.45, 7) is 5.68. The molecular formula is C15H23ClN2O. The van der Waals surface area contributed by atoms with Gasteiger partial charge in [-0.1, -0.05) is 18.5 Å². The van der Waals surface area contributed by atoms with Gasteiger partial charge in [-0.15, -0.1) is 0 Å². The van der Waals surface area contributed by atoms with Crippen LogP contribution in [0.5, 0.6) is 5.75 Å². The Balaban J connectivity index is 2.14. The second-order valence-electron chi connectivity index (χ2n) is 5.60. The summed E-state index contributed by atoms with van der Waals surface area (Å²) < 4.78 is 5.39. The van der Waals surface area contributed by atoms with Crippen LogP contribution in [0, 0.1) is 5.92 Å². The number of halogens is 1. The third-order valence-corrected chi connectivity index (χ3v) is 4.35. The normalized spacial score (nSPS) is 28.2. The van der Waals surface area contributed by atoms with Crippen molar-refractivity contribution in [1.29, 1.82) is 0 Å². The van der Waals surface area contributed by atoms with Crippen LogP contribution in [0.25, 0.3) is 0 Å². The van der Waals surface area contributed by atoms with Crippen molar-refractivity contribution >= 4 is 17.3 Å². The summed E-state index contributed by atoms with van der Waals surface area (Å²) in [5.74, 6) is 1.45. The lowest BCUT2D eigenvalue weighted by Gasteiger charge is -2.40. The maximum Gasteiger partial charge on any atom is 0.142 e. The number of benzene rings is 1. The molecule has 0 spiro atoms. The quantitative estimate of drug-likeness (QED) is 0.918. The number of hydrogen-bond donors (Lipinski definition) is 1. The standard InChI is InChI=1S/C15H23ClN2O/c1-10-9-18(3)11(2)7-13(10)17-14-8-12(16)5-6-15(14)19-4/h5-6,8,10-11,13,17H,7,9H2,1-4H3. The van der Waals surface area contributed by atoms with Gasteiger partial charge in [0.15, 0.2) is 0 Å². The molecule has 1 aromatic carbocycles. The zero-order chi connectivity index (χ0) is 14.0. The highest BCUT2D eigenvalue weighted by molar-refractivity contribution is 6.30. The van der Waals surface area contributed by atoms with E-state index in [4.69, 9.17) is 16.3 Å². The Bertz CT molecular complexity index is 438. The largest absolute Gasteiger partial charge is 0.495 e. The Morgan fingerprint density at radius 3 is 2.79 bits per heavy atom. The zero-order valence-electron chi connectivity index (χ0n) is 12.1. The summed E-state index contributed by atoms with van der Waals surface area (Å²) in [7, 11) is 3.88. The van der Waals surface area contributed by atoms with E-state index in [1.54, 1.807) is 7.11 Å². The fourth-order valence-corrected chi connectivity index (χ4v) is 2.91. The van der Waals surface area contributed by atoms with Crippen LogP contribution in [0.3, 0.4) is 0 Å². The van der Waals surface area contributed by atoms with Crippen LogP contribution >= 0.6 is 11.6 Å². The minimum atomic E-state index is 0.457. The molecular weight excluding hydrogens is 260 g/mol. The van der Waals surface area contributed by atoms with E-state index in [1.165, 1.54) is 0 Å². The third-order valence-electron chi connectivity index (χ3n) is 4.11. The molecule has 3 nitrogen and oxygen atoms in total. The van der Waals surface area contributed by atoms with E-state index in [0.717, 1.165) is 29.4 Å². The predicted molar refractivity (Wildman–Crippen MR) is 81.3 cm³/mol. The van der Waals surface area contributed by atoms with Gasteiger partial charge in [0.2, 0.25) is 0 Å². The number of ether oxygens (including phenoxy) is 1. The van der Waals surface area contributed by atoms with Crippen LogP contribution < -0.4 is 10.1 Å². The molecule has 0 radical (unpaired) electrons. The summed E-state index contributed by atoms with van der Waals surface area (Å²) in [6, 6.07) is 6.76. The first-order valence-electron chi connectivity index (χ1n) is 6.81. The van der Waals surface area contributed by atoms with Crippen molar-refractivity contribution in [3.8, 4) is 5.75 Å². The van der Waals surface area contributed by atoms with Crippen LogP contribution in [0.2, 0.25) is 5.02 Å². The molecule has 19 heavy (non-hydrogen) atoms. The topological polar surface area (TPSA) is 24.5 Å². The molecule has 0 saturated carbocycles. The van der Waals surface area contributed by atoms with Gasteiger partial charge in [-0.2, -0.15) is 0 Å². The van der Waals surface area contributed by atoms with Gasteiger partial charge in [0.05, 0.1) is 12.8 Å². The minimum absolute atomic E-state index is 0.457. The van der Waals surface area contributed by atoms with Crippen molar-refractivity contribution in [2.45, 2.75) is 32.4 Å². The van der Waals surface area contributed by atoms with Crippen molar-refractivity contribution in [3.05, 3.63) is 23.2 Å².